The van der Waals surface area contributed by atoms with Gasteiger partial charge in [0, 0.05) is 12.5 Å². The molecule has 0 bridgehead atoms. The van der Waals surface area contributed by atoms with E-state index in [1.165, 1.54) is 6.07 Å². The van der Waals surface area contributed by atoms with Gasteiger partial charge in [-0.1, -0.05) is 44.0 Å². The SMILES string of the molecule is CCCCCc1ccccc1C(C)(F)F. The maximum atomic E-state index is 13.2. The van der Waals surface area contributed by atoms with E-state index in [0.717, 1.165) is 38.2 Å². The van der Waals surface area contributed by atoms with Gasteiger partial charge >= 0.3 is 0 Å². The average molecular weight is 212 g/mol. The minimum Gasteiger partial charge on any atom is -0.202 e. The van der Waals surface area contributed by atoms with E-state index in [-0.39, 0.29) is 5.56 Å². The van der Waals surface area contributed by atoms with E-state index in [1.54, 1.807) is 6.07 Å². The van der Waals surface area contributed by atoms with Crippen LogP contribution in [0.15, 0.2) is 24.3 Å². The topological polar surface area (TPSA) is 0 Å². The van der Waals surface area contributed by atoms with Crippen molar-refractivity contribution >= 4 is 0 Å². The van der Waals surface area contributed by atoms with Crippen LogP contribution in [0.1, 0.15) is 44.2 Å². The maximum Gasteiger partial charge on any atom is 0.270 e. The summed E-state index contributed by atoms with van der Waals surface area (Å²) in [6.45, 7) is 3.08. The first kappa shape index (κ1) is 12.2. The summed E-state index contributed by atoms with van der Waals surface area (Å²) in [5.74, 6) is -2.72. The van der Waals surface area contributed by atoms with E-state index < -0.39 is 5.92 Å². The third-order valence-corrected chi connectivity index (χ3v) is 2.54. The molecule has 0 saturated heterocycles. The smallest absolute Gasteiger partial charge is 0.202 e. The number of unbranched alkanes of at least 4 members (excludes halogenated alkanes) is 2. The van der Waals surface area contributed by atoms with Gasteiger partial charge in [0.1, 0.15) is 0 Å². The van der Waals surface area contributed by atoms with Crippen molar-refractivity contribution in [1.29, 1.82) is 0 Å². The van der Waals surface area contributed by atoms with E-state index in [1.807, 2.05) is 12.1 Å². The molecule has 0 saturated carbocycles. The van der Waals surface area contributed by atoms with Crippen molar-refractivity contribution in [3.8, 4) is 0 Å². The molecule has 0 nitrogen and oxygen atoms in total. The maximum absolute atomic E-state index is 13.2. The highest BCUT2D eigenvalue weighted by Gasteiger charge is 2.26. The fourth-order valence-electron chi connectivity index (χ4n) is 1.73. The molecule has 0 unspecified atom stereocenters. The van der Waals surface area contributed by atoms with Crippen LogP contribution in [0.3, 0.4) is 0 Å². The predicted octanol–water partition coefficient (Wildman–Crippen LogP) is 4.53. The van der Waals surface area contributed by atoms with Gasteiger partial charge in [0.05, 0.1) is 0 Å². The lowest BCUT2D eigenvalue weighted by Gasteiger charge is -2.15. The third-order valence-electron chi connectivity index (χ3n) is 2.54. The fourth-order valence-corrected chi connectivity index (χ4v) is 1.73. The van der Waals surface area contributed by atoms with Gasteiger partial charge in [0.25, 0.3) is 5.92 Å². The summed E-state index contributed by atoms with van der Waals surface area (Å²) in [4.78, 5) is 0. The number of aryl methyl sites for hydroxylation is 1. The molecule has 15 heavy (non-hydrogen) atoms. The molecule has 0 aliphatic heterocycles. The Balaban J connectivity index is 2.78. The zero-order chi connectivity index (χ0) is 11.3. The van der Waals surface area contributed by atoms with Crippen LogP contribution >= 0.6 is 0 Å². The minimum absolute atomic E-state index is 0.182. The van der Waals surface area contributed by atoms with Gasteiger partial charge in [-0.05, 0) is 18.4 Å². The molecule has 0 atom stereocenters. The number of halogens is 2. The Morgan fingerprint density at radius 3 is 2.40 bits per heavy atom. The molecule has 0 amide bonds. The highest BCUT2D eigenvalue weighted by molar-refractivity contribution is 5.30. The largest absolute Gasteiger partial charge is 0.270 e. The molecular weight excluding hydrogens is 194 g/mol. The lowest BCUT2D eigenvalue weighted by molar-refractivity contribution is 0.0165. The highest BCUT2D eigenvalue weighted by atomic mass is 19.3. The number of alkyl halides is 2. The van der Waals surface area contributed by atoms with Crippen LogP contribution in [0, 0.1) is 0 Å². The first-order valence-electron chi connectivity index (χ1n) is 5.52. The molecule has 0 spiro atoms. The van der Waals surface area contributed by atoms with Gasteiger partial charge in [-0.2, -0.15) is 0 Å². The zero-order valence-electron chi connectivity index (χ0n) is 9.39. The van der Waals surface area contributed by atoms with Gasteiger partial charge in [-0.3, -0.25) is 0 Å². The quantitative estimate of drug-likeness (QED) is 0.629. The average Bonchev–Trinajstić information content (AvgIpc) is 2.17. The van der Waals surface area contributed by atoms with Crippen molar-refractivity contribution in [2.24, 2.45) is 0 Å². The van der Waals surface area contributed by atoms with Gasteiger partial charge in [0.15, 0.2) is 0 Å². The van der Waals surface area contributed by atoms with Crippen LogP contribution < -0.4 is 0 Å². The van der Waals surface area contributed by atoms with Crippen molar-refractivity contribution in [3.63, 3.8) is 0 Å². The number of rotatable bonds is 5. The van der Waals surface area contributed by atoms with Crippen LogP contribution in [0.2, 0.25) is 0 Å². The molecule has 1 aromatic carbocycles. The Labute approximate surface area is 90.3 Å². The van der Waals surface area contributed by atoms with Gasteiger partial charge in [0.2, 0.25) is 0 Å². The molecule has 84 valence electrons. The molecule has 0 aliphatic carbocycles. The Kier molecular flexibility index (Phi) is 4.25. The van der Waals surface area contributed by atoms with Gasteiger partial charge in [-0.25, -0.2) is 8.78 Å². The van der Waals surface area contributed by atoms with Crippen LogP contribution in [0.5, 0.6) is 0 Å². The monoisotopic (exact) mass is 212 g/mol. The number of hydrogen-bond acceptors (Lipinski definition) is 0. The molecule has 1 aromatic rings. The van der Waals surface area contributed by atoms with Crippen molar-refractivity contribution < 1.29 is 8.78 Å². The molecule has 2 heteroatoms. The second-order valence-electron chi connectivity index (χ2n) is 4.00. The number of benzene rings is 1. The molecular formula is C13H18F2. The van der Waals surface area contributed by atoms with E-state index in [9.17, 15) is 8.78 Å². The van der Waals surface area contributed by atoms with Crippen LogP contribution in [-0.4, -0.2) is 0 Å². The van der Waals surface area contributed by atoms with Crippen LogP contribution in [0.25, 0.3) is 0 Å². The van der Waals surface area contributed by atoms with E-state index in [4.69, 9.17) is 0 Å². The summed E-state index contributed by atoms with van der Waals surface area (Å²) in [7, 11) is 0. The standard InChI is InChI=1S/C13H18F2/c1-3-4-5-8-11-9-6-7-10-12(11)13(2,14)15/h6-7,9-10H,3-5,8H2,1-2H3. The van der Waals surface area contributed by atoms with Gasteiger partial charge < -0.3 is 0 Å². The fraction of sp³-hybridized carbons (Fsp3) is 0.538. The van der Waals surface area contributed by atoms with E-state index in [0.29, 0.717) is 0 Å². The zero-order valence-corrected chi connectivity index (χ0v) is 9.39. The molecule has 0 N–H and O–H groups in total. The molecule has 0 fully saturated rings. The second-order valence-corrected chi connectivity index (χ2v) is 4.00. The van der Waals surface area contributed by atoms with Crippen molar-refractivity contribution in [2.45, 2.75) is 45.5 Å². The summed E-state index contributed by atoms with van der Waals surface area (Å²) in [5, 5.41) is 0. The Morgan fingerprint density at radius 1 is 1.13 bits per heavy atom. The van der Waals surface area contributed by atoms with Crippen molar-refractivity contribution in [1.82, 2.24) is 0 Å². The van der Waals surface area contributed by atoms with E-state index >= 15 is 0 Å². The third kappa shape index (κ3) is 3.61. The first-order chi connectivity index (χ1) is 7.05. The second kappa shape index (κ2) is 5.24. The van der Waals surface area contributed by atoms with Gasteiger partial charge in [-0.15, -0.1) is 0 Å². The van der Waals surface area contributed by atoms with Crippen LogP contribution in [-0.2, 0) is 12.3 Å². The molecule has 0 heterocycles. The summed E-state index contributed by atoms with van der Waals surface area (Å²) in [6.07, 6.45) is 3.96. The molecule has 0 aromatic heterocycles. The first-order valence-corrected chi connectivity index (χ1v) is 5.52. The van der Waals surface area contributed by atoms with Crippen molar-refractivity contribution in [3.05, 3.63) is 35.4 Å². The van der Waals surface area contributed by atoms with Crippen molar-refractivity contribution in [2.75, 3.05) is 0 Å². The lowest BCUT2D eigenvalue weighted by atomic mass is 9.98. The summed E-state index contributed by atoms with van der Waals surface area (Å²) >= 11 is 0. The highest BCUT2D eigenvalue weighted by Crippen LogP contribution is 2.30. The summed E-state index contributed by atoms with van der Waals surface area (Å²) in [6, 6.07) is 6.84. The molecule has 0 aliphatic rings. The Hall–Kier alpha value is -0.920. The lowest BCUT2D eigenvalue weighted by Crippen LogP contribution is -2.10. The Bertz CT molecular complexity index is 300. The number of hydrogen-bond donors (Lipinski definition) is 0. The molecule has 1 rings (SSSR count). The minimum atomic E-state index is -2.72. The molecule has 0 radical (unpaired) electrons. The van der Waals surface area contributed by atoms with Crippen LogP contribution in [0.4, 0.5) is 8.78 Å². The summed E-state index contributed by atoms with van der Waals surface area (Å²) < 4.78 is 26.4. The summed E-state index contributed by atoms with van der Waals surface area (Å²) in [5.41, 5.74) is 0.972. The predicted molar refractivity (Wildman–Crippen MR) is 59.2 cm³/mol. The Morgan fingerprint density at radius 2 is 1.80 bits per heavy atom. The normalized spacial score (nSPS) is 11.7. The van der Waals surface area contributed by atoms with E-state index in [2.05, 4.69) is 6.92 Å².